The third-order valence-electron chi connectivity index (χ3n) is 4.31. The number of unbranched alkanes of at least 4 members (excludes halogenated alkanes) is 5. The van der Waals surface area contributed by atoms with Crippen molar-refractivity contribution in [3.8, 4) is 0 Å². The van der Waals surface area contributed by atoms with Gasteiger partial charge in [0.2, 0.25) is 6.79 Å². The third-order valence-corrected chi connectivity index (χ3v) is 4.31. The lowest BCUT2D eigenvalue weighted by Crippen LogP contribution is -2.27. The average molecular weight is 344 g/mol. The van der Waals surface area contributed by atoms with E-state index in [1.807, 2.05) is 13.8 Å². The second-order valence-electron chi connectivity index (χ2n) is 7.51. The largest absolute Gasteiger partial charge is 0.481 e. The molecule has 0 heterocycles. The quantitative estimate of drug-likeness (QED) is 0.222. The van der Waals surface area contributed by atoms with Gasteiger partial charge in [0, 0.05) is 0 Å². The standard InChI is InChI=1S/C18H32O6/c1-17(2,15(20)21)11-9-7-5-6-8-10-12-18(3,4)16(22)24-14-23-13-19/h13H,5-12,14H2,1-4H3,(H,20,21). The molecule has 0 aromatic carbocycles. The van der Waals surface area contributed by atoms with Gasteiger partial charge in [-0.2, -0.15) is 0 Å². The number of carbonyl (C=O) groups excluding carboxylic acids is 2. The Morgan fingerprint density at radius 2 is 1.33 bits per heavy atom. The molecule has 6 nitrogen and oxygen atoms in total. The van der Waals surface area contributed by atoms with Crippen LogP contribution in [0.4, 0.5) is 0 Å². The summed E-state index contributed by atoms with van der Waals surface area (Å²) in [4.78, 5) is 32.8. The molecule has 0 spiro atoms. The zero-order valence-corrected chi connectivity index (χ0v) is 15.4. The van der Waals surface area contributed by atoms with Gasteiger partial charge in [0.25, 0.3) is 6.47 Å². The fourth-order valence-electron chi connectivity index (χ4n) is 2.36. The number of rotatable bonds is 14. The van der Waals surface area contributed by atoms with Crippen LogP contribution in [-0.4, -0.2) is 30.3 Å². The summed E-state index contributed by atoms with van der Waals surface area (Å²) in [7, 11) is 0. The summed E-state index contributed by atoms with van der Waals surface area (Å²) in [5.41, 5.74) is -1.23. The predicted molar refractivity (Wildman–Crippen MR) is 90.2 cm³/mol. The molecule has 0 unspecified atom stereocenters. The van der Waals surface area contributed by atoms with E-state index in [4.69, 9.17) is 9.84 Å². The highest BCUT2D eigenvalue weighted by Crippen LogP contribution is 2.27. The molecule has 140 valence electrons. The van der Waals surface area contributed by atoms with Crippen molar-refractivity contribution >= 4 is 18.4 Å². The van der Waals surface area contributed by atoms with E-state index >= 15 is 0 Å². The smallest absolute Gasteiger partial charge is 0.314 e. The minimum Gasteiger partial charge on any atom is -0.481 e. The SMILES string of the molecule is CC(C)(CCCCCCCCC(C)(C)C(=O)OCOC=O)C(=O)O. The molecule has 0 aliphatic carbocycles. The van der Waals surface area contributed by atoms with E-state index < -0.39 is 16.8 Å². The third kappa shape index (κ3) is 9.53. The normalized spacial score (nSPS) is 11.8. The molecule has 0 radical (unpaired) electrons. The molecule has 6 heteroatoms. The monoisotopic (exact) mass is 344 g/mol. The van der Waals surface area contributed by atoms with Crippen LogP contribution in [0.1, 0.15) is 79.1 Å². The first-order valence-corrected chi connectivity index (χ1v) is 8.59. The zero-order valence-electron chi connectivity index (χ0n) is 15.4. The number of carboxylic acids is 1. The van der Waals surface area contributed by atoms with Gasteiger partial charge in [-0.1, -0.05) is 38.5 Å². The lowest BCUT2D eigenvalue weighted by Gasteiger charge is -2.22. The number of ether oxygens (including phenoxy) is 2. The highest BCUT2D eigenvalue weighted by Gasteiger charge is 2.29. The van der Waals surface area contributed by atoms with Gasteiger partial charge in [0.15, 0.2) is 0 Å². The first kappa shape index (κ1) is 22.4. The van der Waals surface area contributed by atoms with Crippen molar-refractivity contribution in [1.82, 2.24) is 0 Å². The van der Waals surface area contributed by atoms with E-state index in [0.29, 0.717) is 6.42 Å². The minimum atomic E-state index is -0.741. The number of carboxylic acid groups (broad SMARTS) is 1. The van der Waals surface area contributed by atoms with Crippen molar-refractivity contribution in [2.75, 3.05) is 6.79 Å². The Morgan fingerprint density at radius 1 is 0.875 bits per heavy atom. The molecular formula is C18H32O6. The molecule has 0 amide bonds. The van der Waals surface area contributed by atoms with Crippen molar-refractivity contribution in [3.63, 3.8) is 0 Å². The van der Waals surface area contributed by atoms with E-state index in [2.05, 4.69) is 4.74 Å². The molecule has 0 rings (SSSR count). The maximum atomic E-state index is 11.8. The van der Waals surface area contributed by atoms with Gasteiger partial charge in [-0.3, -0.25) is 14.4 Å². The zero-order chi connectivity index (χ0) is 18.6. The molecule has 0 bridgehead atoms. The molecule has 0 atom stereocenters. The van der Waals surface area contributed by atoms with E-state index in [0.717, 1.165) is 44.9 Å². The fourth-order valence-corrected chi connectivity index (χ4v) is 2.36. The second kappa shape index (κ2) is 11.0. The van der Waals surface area contributed by atoms with Gasteiger partial charge in [-0.05, 0) is 40.5 Å². The summed E-state index contributed by atoms with van der Waals surface area (Å²) in [5.74, 6) is -1.10. The van der Waals surface area contributed by atoms with Gasteiger partial charge < -0.3 is 14.6 Å². The van der Waals surface area contributed by atoms with E-state index in [1.54, 1.807) is 13.8 Å². The fraction of sp³-hybridized carbons (Fsp3) is 0.833. The number of hydrogen-bond donors (Lipinski definition) is 1. The Bertz CT molecular complexity index is 400. The van der Waals surface area contributed by atoms with Crippen LogP contribution in [0.15, 0.2) is 0 Å². The van der Waals surface area contributed by atoms with Gasteiger partial charge in [0.05, 0.1) is 10.8 Å². The van der Waals surface area contributed by atoms with Crippen molar-refractivity contribution in [3.05, 3.63) is 0 Å². The summed E-state index contributed by atoms with van der Waals surface area (Å²) in [5, 5.41) is 9.04. The summed E-state index contributed by atoms with van der Waals surface area (Å²) >= 11 is 0. The Hall–Kier alpha value is -1.59. The number of hydrogen-bond acceptors (Lipinski definition) is 5. The Labute approximate surface area is 144 Å². The number of aliphatic carboxylic acids is 1. The summed E-state index contributed by atoms with van der Waals surface area (Å²) in [6.45, 7) is 7.08. The van der Waals surface area contributed by atoms with Crippen molar-refractivity contribution < 1.29 is 29.0 Å². The van der Waals surface area contributed by atoms with Crippen molar-refractivity contribution in [2.24, 2.45) is 10.8 Å². The molecule has 0 saturated carbocycles. The molecule has 1 N–H and O–H groups in total. The number of esters is 1. The first-order chi connectivity index (χ1) is 11.1. The van der Waals surface area contributed by atoms with E-state index in [1.165, 1.54) is 0 Å². The Morgan fingerprint density at radius 3 is 1.79 bits per heavy atom. The van der Waals surface area contributed by atoms with Gasteiger partial charge in [-0.25, -0.2) is 0 Å². The van der Waals surface area contributed by atoms with Crippen LogP contribution in [-0.2, 0) is 23.9 Å². The maximum Gasteiger partial charge on any atom is 0.314 e. The Kier molecular flexibility index (Phi) is 10.3. The summed E-state index contributed by atoms with van der Waals surface area (Å²) in [6.07, 6.45) is 7.49. The molecule has 0 fully saturated rings. The average Bonchev–Trinajstić information content (AvgIpc) is 2.49. The molecule has 0 aromatic heterocycles. The maximum absolute atomic E-state index is 11.8. The van der Waals surface area contributed by atoms with Crippen LogP contribution < -0.4 is 0 Å². The summed E-state index contributed by atoms with van der Waals surface area (Å²) in [6, 6.07) is 0. The van der Waals surface area contributed by atoms with Crippen LogP contribution in [0, 0.1) is 10.8 Å². The van der Waals surface area contributed by atoms with Crippen LogP contribution in [0.5, 0.6) is 0 Å². The minimum absolute atomic E-state index is 0.248. The molecule has 0 aliphatic heterocycles. The van der Waals surface area contributed by atoms with Crippen molar-refractivity contribution in [1.29, 1.82) is 0 Å². The van der Waals surface area contributed by atoms with Crippen molar-refractivity contribution in [2.45, 2.75) is 79.1 Å². The second-order valence-corrected chi connectivity index (χ2v) is 7.51. The Balaban J connectivity index is 3.73. The number of carbonyl (C=O) groups is 3. The van der Waals surface area contributed by atoms with Gasteiger partial charge in [-0.15, -0.1) is 0 Å². The molecule has 0 aromatic rings. The molecular weight excluding hydrogens is 312 g/mol. The van der Waals surface area contributed by atoms with E-state index in [-0.39, 0.29) is 19.2 Å². The lowest BCUT2D eigenvalue weighted by atomic mass is 9.86. The molecule has 24 heavy (non-hydrogen) atoms. The topological polar surface area (TPSA) is 89.9 Å². The van der Waals surface area contributed by atoms with Gasteiger partial charge >= 0.3 is 11.9 Å². The van der Waals surface area contributed by atoms with Crippen LogP contribution in [0.3, 0.4) is 0 Å². The first-order valence-electron chi connectivity index (χ1n) is 8.59. The molecule has 0 saturated heterocycles. The predicted octanol–water partition coefficient (Wildman–Crippen LogP) is 3.92. The van der Waals surface area contributed by atoms with Crippen LogP contribution in [0.25, 0.3) is 0 Å². The van der Waals surface area contributed by atoms with Crippen LogP contribution >= 0.6 is 0 Å². The van der Waals surface area contributed by atoms with Gasteiger partial charge in [0.1, 0.15) is 0 Å². The highest BCUT2D eigenvalue weighted by atomic mass is 16.7. The lowest BCUT2D eigenvalue weighted by molar-refractivity contribution is -0.168. The van der Waals surface area contributed by atoms with Crippen LogP contribution in [0.2, 0.25) is 0 Å². The highest BCUT2D eigenvalue weighted by molar-refractivity contribution is 5.75. The van der Waals surface area contributed by atoms with E-state index in [9.17, 15) is 14.4 Å². The molecule has 0 aliphatic rings. The summed E-state index contributed by atoms with van der Waals surface area (Å²) < 4.78 is 9.23.